The maximum absolute atomic E-state index is 12.9. The van der Waals surface area contributed by atoms with Crippen LogP contribution in [0.5, 0.6) is 0 Å². The summed E-state index contributed by atoms with van der Waals surface area (Å²) in [7, 11) is 2.80. The average Bonchev–Trinajstić information content (AvgIpc) is 2.15. The van der Waals surface area contributed by atoms with E-state index in [-0.39, 0.29) is 5.56 Å². The van der Waals surface area contributed by atoms with Crippen molar-refractivity contribution in [3.05, 3.63) is 35.1 Å². The van der Waals surface area contributed by atoms with Crippen LogP contribution in [0.25, 0.3) is 0 Å². The Kier molecular flexibility index (Phi) is 3.21. The number of halogens is 4. The van der Waals surface area contributed by atoms with E-state index >= 15 is 0 Å². The largest absolute Gasteiger partial charge is 0.419 e. The molecule has 0 spiro atoms. The van der Waals surface area contributed by atoms with Crippen molar-refractivity contribution in [2.24, 2.45) is 0 Å². The molecule has 1 amide bonds. The Balaban J connectivity index is 3.23. The van der Waals surface area contributed by atoms with Gasteiger partial charge in [-0.25, -0.2) is 4.39 Å². The lowest BCUT2D eigenvalue weighted by atomic mass is 10.1. The molecule has 2 nitrogen and oxygen atoms in total. The second-order valence-corrected chi connectivity index (χ2v) is 3.39. The molecule has 0 unspecified atom stereocenters. The Morgan fingerprint density at radius 1 is 1.25 bits per heavy atom. The van der Waals surface area contributed by atoms with E-state index in [1.807, 2.05) is 0 Å². The summed E-state index contributed by atoms with van der Waals surface area (Å²) in [6.45, 7) is 0. The van der Waals surface area contributed by atoms with Gasteiger partial charge >= 0.3 is 6.18 Å². The molecule has 0 saturated heterocycles. The van der Waals surface area contributed by atoms with E-state index in [4.69, 9.17) is 0 Å². The highest BCUT2D eigenvalue weighted by molar-refractivity contribution is 5.94. The third-order valence-electron chi connectivity index (χ3n) is 1.92. The first-order valence-corrected chi connectivity index (χ1v) is 4.32. The van der Waals surface area contributed by atoms with Gasteiger partial charge < -0.3 is 4.90 Å². The van der Waals surface area contributed by atoms with Gasteiger partial charge in [0.05, 0.1) is 5.56 Å². The predicted molar refractivity (Wildman–Crippen MR) is 49.4 cm³/mol. The Morgan fingerprint density at radius 2 is 1.81 bits per heavy atom. The molecule has 0 fully saturated rings. The second kappa shape index (κ2) is 4.11. The molecule has 0 atom stereocenters. The van der Waals surface area contributed by atoms with Gasteiger partial charge in [0.2, 0.25) is 0 Å². The van der Waals surface area contributed by atoms with Crippen LogP contribution >= 0.6 is 0 Å². The number of carbonyl (C=O) groups is 1. The quantitative estimate of drug-likeness (QED) is 0.685. The van der Waals surface area contributed by atoms with Crippen molar-refractivity contribution in [3.8, 4) is 0 Å². The summed E-state index contributed by atoms with van der Waals surface area (Å²) in [5.74, 6) is -1.99. The molecule has 0 aromatic heterocycles. The monoisotopic (exact) mass is 235 g/mol. The fraction of sp³-hybridized carbons (Fsp3) is 0.300. The SMILES string of the molecule is CN(C)C(=O)c1ccc(F)c(C(F)(F)F)c1. The lowest BCUT2D eigenvalue weighted by Crippen LogP contribution is -2.22. The zero-order valence-electron chi connectivity index (χ0n) is 8.60. The van der Waals surface area contributed by atoms with E-state index in [1.54, 1.807) is 0 Å². The van der Waals surface area contributed by atoms with E-state index in [1.165, 1.54) is 14.1 Å². The van der Waals surface area contributed by atoms with E-state index in [0.29, 0.717) is 12.1 Å². The van der Waals surface area contributed by atoms with Crippen molar-refractivity contribution in [2.75, 3.05) is 14.1 Å². The highest BCUT2D eigenvalue weighted by Crippen LogP contribution is 2.31. The minimum absolute atomic E-state index is 0.196. The van der Waals surface area contributed by atoms with Gasteiger partial charge in [-0.2, -0.15) is 13.2 Å². The van der Waals surface area contributed by atoms with Crippen LogP contribution in [0.4, 0.5) is 17.6 Å². The minimum atomic E-state index is -4.80. The highest BCUT2D eigenvalue weighted by atomic mass is 19.4. The van der Waals surface area contributed by atoms with E-state index in [2.05, 4.69) is 0 Å². The maximum Gasteiger partial charge on any atom is 0.419 e. The van der Waals surface area contributed by atoms with Gasteiger partial charge in [0.1, 0.15) is 5.82 Å². The molecule has 6 heteroatoms. The van der Waals surface area contributed by atoms with E-state index < -0.39 is 23.5 Å². The van der Waals surface area contributed by atoms with Crippen LogP contribution in [0.15, 0.2) is 18.2 Å². The Morgan fingerprint density at radius 3 is 2.25 bits per heavy atom. The molecule has 0 radical (unpaired) electrons. The molecule has 88 valence electrons. The fourth-order valence-electron chi connectivity index (χ4n) is 1.13. The van der Waals surface area contributed by atoms with Gasteiger partial charge in [0.25, 0.3) is 5.91 Å². The summed E-state index contributed by atoms with van der Waals surface area (Å²) in [5.41, 5.74) is -1.63. The summed E-state index contributed by atoms with van der Waals surface area (Å²) < 4.78 is 49.9. The first kappa shape index (κ1) is 12.5. The summed E-state index contributed by atoms with van der Waals surface area (Å²) in [4.78, 5) is 12.5. The first-order chi connectivity index (χ1) is 7.23. The number of benzene rings is 1. The number of hydrogen-bond donors (Lipinski definition) is 0. The molecule has 0 aliphatic carbocycles. The molecule has 16 heavy (non-hydrogen) atoms. The average molecular weight is 235 g/mol. The zero-order valence-corrected chi connectivity index (χ0v) is 8.60. The molecule has 0 heterocycles. The second-order valence-electron chi connectivity index (χ2n) is 3.39. The van der Waals surface area contributed by atoms with Crippen molar-refractivity contribution >= 4 is 5.91 Å². The predicted octanol–water partition coefficient (Wildman–Crippen LogP) is 2.55. The van der Waals surface area contributed by atoms with Crippen molar-refractivity contribution < 1.29 is 22.4 Å². The molecule has 0 bridgehead atoms. The van der Waals surface area contributed by atoms with Gasteiger partial charge in [0.15, 0.2) is 0 Å². The summed E-state index contributed by atoms with van der Waals surface area (Å²) in [6.07, 6.45) is -4.80. The van der Waals surface area contributed by atoms with Crippen molar-refractivity contribution in [3.63, 3.8) is 0 Å². The zero-order chi connectivity index (χ0) is 12.5. The van der Waals surface area contributed by atoms with E-state index in [9.17, 15) is 22.4 Å². The van der Waals surface area contributed by atoms with Crippen LogP contribution < -0.4 is 0 Å². The van der Waals surface area contributed by atoms with Crippen molar-refractivity contribution in [2.45, 2.75) is 6.18 Å². The third kappa shape index (κ3) is 2.50. The number of carbonyl (C=O) groups excluding carboxylic acids is 1. The Labute approximate surface area is 89.5 Å². The lowest BCUT2D eigenvalue weighted by Gasteiger charge is -2.13. The smallest absolute Gasteiger partial charge is 0.345 e. The third-order valence-corrected chi connectivity index (χ3v) is 1.92. The highest BCUT2D eigenvalue weighted by Gasteiger charge is 2.34. The minimum Gasteiger partial charge on any atom is -0.345 e. The van der Waals surface area contributed by atoms with Crippen molar-refractivity contribution in [1.29, 1.82) is 0 Å². The number of nitrogens with zero attached hydrogens (tertiary/aromatic N) is 1. The first-order valence-electron chi connectivity index (χ1n) is 4.32. The standard InChI is InChI=1S/C10H9F4NO/c1-15(2)9(16)6-3-4-8(11)7(5-6)10(12,13)14/h3-5H,1-2H3. The molecule has 0 aliphatic heterocycles. The van der Waals surface area contributed by atoms with Crippen LogP contribution in [-0.4, -0.2) is 24.9 Å². The Hall–Kier alpha value is -1.59. The number of amides is 1. The maximum atomic E-state index is 12.9. The number of hydrogen-bond acceptors (Lipinski definition) is 1. The van der Waals surface area contributed by atoms with Crippen LogP contribution in [0, 0.1) is 5.82 Å². The van der Waals surface area contributed by atoms with Gasteiger partial charge in [-0.15, -0.1) is 0 Å². The summed E-state index contributed by atoms with van der Waals surface area (Å²) in [5, 5.41) is 0. The summed E-state index contributed by atoms with van der Waals surface area (Å²) >= 11 is 0. The van der Waals surface area contributed by atoms with Crippen LogP contribution in [0.1, 0.15) is 15.9 Å². The lowest BCUT2D eigenvalue weighted by molar-refractivity contribution is -0.140. The normalized spacial score (nSPS) is 11.4. The molecule has 0 saturated carbocycles. The topological polar surface area (TPSA) is 20.3 Å². The molecular weight excluding hydrogens is 226 g/mol. The summed E-state index contributed by atoms with van der Waals surface area (Å²) in [6, 6.07) is 2.17. The molecule has 1 aromatic carbocycles. The van der Waals surface area contributed by atoms with Gasteiger partial charge in [-0.3, -0.25) is 4.79 Å². The van der Waals surface area contributed by atoms with Crippen molar-refractivity contribution in [1.82, 2.24) is 4.90 Å². The van der Waals surface area contributed by atoms with Gasteiger partial charge in [-0.05, 0) is 18.2 Å². The number of rotatable bonds is 1. The number of alkyl halides is 3. The van der Waals surface area contributed by atoms with Crippen LogP contribution in [0.2, 0.25) is 0 Å². The fourth-order valence-corrected chi connectivity index (χ4v) is 1.13. The van der Waals surface area contributed by atoms with Gasteiger partial charge in [-0.1, -0.05) is 0 Å². The van der Waals surface area contributed by atoms with Gasteiger partial charge in [0, 0.05) is 19.7 Å². The van der Waals surface area contributed by atoms with Crippen LogP contribution in [0.3, 0.4) is 0 Å². The molecule has 0 aliphatic rings. The Bertz CT molecular complexity index is 412. The molecular formula is C10H9F4NO. The molecule has 1 aromatic rings. The molecule has 0 N–H and O–H groups in total. The van der Waals surface area contributed by atoms with E-state index in [0.717, 1.165) is 11.0 Å². The van der Waals surface area contributed by atoms with Crippen LogP contribution in [-0.2, 0) is 6.18 Å². The molecule has 1 rings (SSSR count).